The molecule has 0 atom stereocenters. The molecule has 1 aliphatic rings. The second-order valence-electron chi connectivity index (χ2n) is 9.69. The first-order valence-electron chi connectivity index (χ1n) is 12.0. The summed E-state index contributed by atoms with van der Waals surface area (Å²) < 4.78 is 0. The highest BCUT2D eigenvalue weighted by molar-refractivity contribution is 8.01. The zero-order chi connectivity index (χ0) is 23.8. The molecule has 0 heterocycles. The third kappa shape index (κ3) is 7.51. The van der Waals surface area contributed by atoms with Crippen LogP contribution in [0, 0.1) is 0 Å². The van der Waals surface area contributed by atoms with Crippen molar-refractivity contribution >= 4 is 17.3 Å². The summed E-state index contributed by atoms with van der Waals surface area (Å²) in [4.78, 5) is 0. The summed E-state index contributed by atoms with van der Waals surface area (Å²) in [6.45, 7) is 15.7. The summed E-state index contributed by atoms with van der Waals surface area (Å²) in [6.07, 6.45) is 12.3. The minimum absolute atomic E-state index is 0. The largest absolute Gasteiger partial charge is 0.138 e. The minimum atomic E-state index is 0. The Hall–Kier alpha value is -1.99. The third-order valence-electron chi connectivity index (χ3n) is 6.53. The fourth-order valence-electron chi connectivity index (χ4n) is 4.42. The van der Waals surface area contributed by atoms with Crippen LogP contribution in [0.4, 0.5) is 0 Å². The van der Waals surface area contributed by atoms with E-state index in [2.05, 4.69) is 113 Å². The molecular weight excluding hydrogens is 416 g/mol. The van der Waals surface area contributed by atoms with E-state index in [0.29, 0.717) is 0 Å². The fourth-order valence-corrected chi connectivity index (χ4v) is 4.71. The lowest BCUT2D eigenvalue weighted by Gasteiger charge is -2.42. The smallest absolute Gasteiger partial charge is 0.00196 e. The molecule has 0 bridgehead atoms. The second kappa shape index (κ2) is 13.0. The molecule has 0 aromatic heterocycles. The Morgan fingerprint density at radius 3 is 2.09 bits per heavy atom. The number of benzene rings is 2. The van der Waals surface area contributed by atoms with Gasteiger partial charge in [0.25, 0.3) is 0 Å². The third-order valence-corrected chi connectivity index (χ3v) is 6.94. The maximum atomic E-state index is 2.48. The average Bonchev–Trinajstić information content (AvgIpc) is 2.81. The van der Waals surface area contributed by atoms with Gasteiger partial charge < -0.3 is 0 Å². The Morgan fingerprint density at radius 1 is 0.909 bits per heavy atom. The standard InChI is InChI=1S/C29H36S.C2H6.CH4/c1-7-22(15-18-30-6)19-25(20-23-11-9-8-10-12-23)24-13-14-26-27(21-24)29(4,5)17-16-28(26,2)3;1-2;/h7-15,18-19,21H,16-17,20H2,1-6H3;1-2H3;1H4/b18-15-,22-7+,25-19+;;. The van der Waals surface area contributed by atoms with Gasteiger partial charge in [-0.1, -0.05) is 110 Å². The Kier molecular flexibility index (Phi) is 11.5. The maximum Gasteiger partial charge on any atom is -0.00196 e. The summed E-state index contributed by atoms with van der Waals surface area (Å²) in [7, 11) is 0. The van der Waals surface area contributed by atoms with Gasteiger partial charge >= 0.3 is 0 Å². The molecule has 0 amide bonds. The monoisotopic (exact) mass is 462 g/mol. The second-order valence-corrected chi connectivity index (χ2v) is 10.4. The maximum absolute atomic E-state index is 2.48. The highest BCUT2D eigenvalue weighted by Crippen LogP contribution is 2.46. The van der Waals surface area contributed by atoms with Crippen molar-refractivity contribution in [1.82, 2.24) is 0 Å². The zero-order valence-electron chi connectivity index (χ0n) is 21.5. The van der Waals surface area contributed by atoms with Crippen molar-refractivity contribution in [2.45, 2.75) is 86.0 Å². The van der Waals surface area contributed by atoms with E-state index >= 15 is 0 Å². The van der Waals surface area contributed by atoms with Gasteiger partial charge in [0.15, 0.2) is 0 Å². The normalized spacial score (nSPS) is 17.0. The van der Waals surface area contributed by atoms with Crippen molar-refractivity contribution in [2.75, 3.05) is 6.26 Å². The van der Waals surface area contributed by atoms with Gasteiger partial charge in [-0.15, -0.1) is 11.8 Å². The van der Waals surface area contributed by atoms with Crippen LogP contribution >= 0.6 is 11.8 Å². The number of hydrogen-bond donors (Lipinski definition) is 0. The predicted molar refractivity (Wildman–Crippen MR) is 154 cm³/mol. The van der Waals surface area contributed by atoms with Crippen molar-refractivity contribution in [3.63, 3.8) is 0 Å². The molecule has 33 heavy (non-hydrogen) atoms. The molecular formula is C32H46S. The van der Waals surface area contributed by atoms with Crippen LogP contribution in [-0.2, 0) is 17.3 Å². The first-order chi connectivity index (χ1) is 15.3. The highest BCUT2D eigenvalue weighted by atomic mass is 32.2. The molecule has 0 N–H and O–H groups in total. The molecule has 180 valence electrons. The van der Waals surface area contributed by atoms with E-state index in [0.717, 1.165) is 6.42 Å². The lowest BCUT2D eigenvalue weighted by atomic mass is 9.63. The molecule has 1 heteroatoms. The quantitative estimate of drug-likeness (QED) is 0.385. The Balaban J connectivity index is 0.00000177. The molecule has 1 aliphatic carbocycles. The van der Waals surface area contributed by atoms with E-state index in [1.54, 1.807) is 11.8 Å². The molecule has 0 aliphatic heterocycles. The fraction of sp³-hybridized carbons (Fsp3) is 0.438. The topological polar surface area (TPSA) is 0 Å². The molecule has 0 saturated heterocycles. The number of rotatable bonds is 6. The molecule has 0 spiro atoms. The van der Waals surface area contributed by atoms with E-state index in [1.165, 1.54) is 46.2 Å². The molecule has 2 aromatic rings. The molecule has 3 rings (SSSR count). The summed E-state index contributed by atoms with van der Waals surface area (Å²) in [5.41, 5.74) is 8.86. The van der Waals surface area contributed by atoms with Crippen LogP contribution in [0.3, 0.4) is 0 Å². The molecule has 0 nitrogen and oxygen atoms in total. The van der Waals surface area contributed by atoms with Crippen LogP contribution in [-0.4, -0.2) is 6.26 Å². The van der Waals surface area contributed by atoms with E-state index in [-0.39, 0.29) is 18.3 Å². The Bertz CT molecular complexity index is 955. The van der Waals surface area contributed by atoms with Gasteiger partial charge in [-0.3, -0.25) is 0 Å². The van der Waals surface area contributed by atoms with Crippen LogP contribution in [0.25, 0.3) is 5.57 Å². The lowest BCUT2D eigenvalue weighted by molar-refractivity contribution is 0.332. The highest BCUT2D eigenvalue weighted by Gasteiger charge is 2.37. The summed E-state index contributed by atoms with van der Waals surface area (Å²) in [5, 5.41) is 2.16. The summed E-state index contributed by atoms with van der Waals surface area (Å²) in [5.74, 6) is 0. The molecule has 0 fully saturated rings. The SMILES string of the molecule is C.C/C=C(\C=C/SC)/C=C(\Cc1ccccc1)c1ccc2c(c1)C(C)(C)CCC2(C)C.CC. The molecule has 0 saturated carbocycles. The minimum Gasteiger partial charge on any atom is -0.138 e. The molecule has 0 unspecified atom stereocenters. The Morgan fingerprint density at radius 2 is 1.52 bits per heavy atom. The zero-order valence-corrected chi connectivity index (χ0v) is 22.3. The number of thioether (sulfide) groups is 1. The summed E-state index contributed by atoms with van der Waals surface area (Å²) in [6, 6.07) is 18.1. The number of hydrogen-bond acceptors (Lipinski definition) is 1. The first kappa shape index (κ1) is 29.0. The van der Waals surface area contributed by atoms with Crippen molar-refractivity contribution in [3.05, 3.63) is 100.0 Å². The molecule has 2 aromatic carbocycles. The predicted octanol–water partition coefficient (Wildman–Crippen LogP) is 10.1. The first-order valence-corrected chi connectivity index (χ1v) is 13.3. The van der Waals surface area contributed by atoms with E-state index in [1.807, 2.05) is 13.8 Å². The van der Waals surface area contributed by atoms with E-state index in [4.69, 9.17) is 0 Å². The lowest BCUT2D eigenvalue weighted by Crippen LogP contribution is -2.33. The van der Waals surface area contributed by atoms with Crippen molar-refractivity contribution in [1.29, 1.82) is 0 Å². The van der Waals surface area contributed by atoms with Gasteiger partial charge in [-0.2, -0.15) is 0 Å². The number of fused-ring (bicyclic) bond motifs is 1. The van der Waals surface area contributed by atoms with E-state index in [9.17, 15) is 0 Å². The van der Waals surface area contributed by atoms with Crippen LogP contribution in [0.2, 0.25) is 0 Å². The van der Waals surface area contributed by atoms with Gasteiger partial charge in [0, 0.05) is 0 Å². The average molecular weight is 463 g/mol. The van der Waals surface area contributed by atoms with Crippen molar-refractivity contribution in [3.8, 4) is 0 Å². The van der Waals surface area contributed by atoms with Crippen molar-refractivity contribution < 1.29 is 0 Å². The van der Waals surface area contributed by atoms with Crippen LogP contribution in [0.1, 0.15) is 91.0 Å². The van der Waals surface area contributed by atoms with Gasteiger partial charge in [-0.05, 0) is 88.2 Å². The van der Waals surface area contributed by atoms with Gasteiger partial charge in [0.1, 0.15) is 0 Å². The van der Waals surface area contributed by atoms with Gasteiger partial charge in [-0.25, -0.2) is 0 Å². The van der Waals surface area contributed by atoms with Crippen LogP contribution in [0.15, 0.2) is 77.7 Å². The van der Waals surface area contributed by atoms with Crippen LogP contribution < -0.4 is 0 Å². The van der Waals surface area contributed by atoms with Gasteiger partial charge in [0.05, 0.1) is 0 Å². The van der Waals surface area contributed by atoms with E-state index < -0.39 is 0 Å². The van der Waals surface area contributed by atoms with Gasteiger partial charge in [0.2, 0.25) is 0 Å². The van der Waals surface area contributed by atoms with Crippen LogP contribution in [0.5, 0.6) is 0 Å². The Labute approximate surface area is 209 Å². The van der Waals surface area contributed by atoms with Crippen molar-refractivity contribution in [2.24, 2.45) is 0 Å². The summed E-state index contributed by atoms with van der Waals surface area (Å²) >= 11 is 1.74. The number of allylic oxidation sites excluding steroid dienone is 5. The molecule has 0 radical (unpaired) electrons.